The van der Waals surface area contributed by atoms with E-state index in [2.05, 4.69) is 5.32 Å². The average molecular weight is 390 g/mol. The van der Waals surface area contributed by atoms with Gasteiger partial charge in [0.2, 0.25) is 11.8 Å². The second-order valence-corrected chi connectivity index (χ2v) is 7.73. The van der Waals surface area contributed by atoms with E-state index in [9.17, 15) is 9.59 Å². The highest BCUT2D eigenvalue weighted by Gasteiger charge is 2.67. The molecular weight excluding hydrogens is 368 g/mol. The molecule has 0 saturated carbocycles. The number of benzene rings is 2. The summed E-state index contributed by atoms with van der Waals surface area (Å²) >= 11 is 0. The highest BCUT2D eigenvalue weighted by molar-refractivity contribution is 6.03. The first-order valence-electron chi connectivity index (χ1n) is 9.75. The second-order valence-electron chi connectivity index (χ2n) is 7.73. The van der Waals surface area contributed by atoms with E-state index in [0.29, 0.717) is 13.1 Å². The van der Waals surface area contributed by atoms with Crippen LogP contribution in [0.25, 0.3) is 0 Å². The van der Waals surface area contributed by atoms with Gasteiger partial charge in [0.1, 0.15) is 11.4 Å². The number of carbonyl (C=O) groups is 2. The summed E-state index contributed by atoms with van der Waals surface area (Å²) in [5.74, 6) is -0.495. The third kappa shape index (κ3) is 2.83. The van der Waals surface area contributed by atoms with Gasteiger partial charge in [0.05, 0.1) is 31.6 Å². The van der Waals surface area contributed by atoms with Gasteiger partial charge in [-0.15, -0.1) is 0 Å². The van der Waals surface area contributed by atoms with Crippen LogP contribution in [-0.4, -0.2) is 37.2 Å². The zero-order chi connectivity index (χ0) is 20.0. The van der Waals surface area contributed by atoms with Crippen LogP contribution in [0.15, 0.2) is 66.7 Å². The minimum atomic E-state index is -0.726. The molecule has 3 aliphatic rings. The van der Waals surface area contributed by atoms with Crippen molar-refractivity contribution in [3.8, 4) is 5.75 Å². The molecule has 2 aromatic carbocycles. The fraction of sp³-hybridized carbons (Fsp3) is 0.304. The van der Waals surface area contributed by atoms with Crippen molar-refractivity contribution >= 4 is 17.5 Å². The molecule has 3 heterocycles. The Hall–Kier alpha value is -3.12. The average Bonchev–Trinajstić information content (AvgIpc) is 3.41. The Balaban J connectivity index is 1.37. The number of hydrogen-bond acceptors (Lipinski definition) is 4. The first-order valence-corrected chi connectivity index (χ1v) is 9.75. The number of nitrogens with zero attached hydrogens (tertiary/aromatic N) is 1. The normalized spacial score (nSPS) is 29.2. The number of amides is 2. The minimum absolute atomic E-state index is 0.0677. The van der Waals surface area contributed by atoms with Gasteiger partial charge in [-0.2, -0.15) is 0 Å². The predicted octanol–water partition coefficient (Wildman–Crippen LogP) is 2.30. The summed E-state index contributed by atoms with van der Waals surface area (Å²) in [6, 6.07) is 17.1. The molecule has 2 aromatic rings. The van der Waals surface area contributed by atoms with Crippen LogP contribution in [0.3, 0.4) is 0 Å². The maximum absolute atomic E-state index is 13.3. The summed E-state index contributed by atoms with van der Waals surface area (Å²) in [6.45, 7) is 0.848. The third-order valence-corrected chi connectivity index (χ3v) is 6.10. The molecule has 0 unspecified atom stereocenters. The number of rotatable bonds is 5. The largest absolute Gasteiger partial charge is 0.497 e. The minimum Gasteiger partial charge on any atom is -0.497 e. The van der Waals surface area contributed by atoms with Gasteiger partial charge < -0.3 is 19.7 Å². The number of carbonyl (C=O) groups excluding carboxylic acids is 2. The Bertz CT molecular complexity index is 972. The molecule has 6 nitrogen and oxygen atoms in total. The quantitative estimate of drug-likeness (QED) is 0.796. The van der Waals surface area contributed by atoms with E-state index in [0.717, 1.165) is 17.0 Å². The molecular formula is C23H22N2O4. The first-order chi connectivity index (χ1) is 14.1. The third-order valence-electron chi connectivity index (χ3n) is 6.10. The molecule has 29 heavy (non-hydrogen) atoms. The summed E-state index contributed by atoms with van der Waals surface area (Å²) in [4.78, 5) is 28.0. The molecule has 148 valence electrons. The van der Waals surface area contributed by atoms with Gasteiger partial charge >= 0.3 is 0 Å². The molecule has 6 heteroatoms. The summed E-state index contributed by atoms with van der Waals surface area (Å²) in [5.41, 5.74) is 1.08. The fourth-order valence-electron chi connectivity index (χ4n) is 4.68. The molecule has 0 aliphatic carbocycles. The van der Waals surface area contributed by atoms with Crippen molar-refractivity contribution in [1.82, 2.24) is 5.32 Å². The van der Waals surface area contributed by atoms with E-state index >= 15 is 0 Å². The van der Waals surface area contributed by atoms with Gasteiger partial charge in [0.15, 0.2) is 0 Å². The zero-order valence-electron chi connectivity index (χ0n) is 16.1. The van der Waals surface area contributed by atoms with Crippen LogP contribution < -0.4 is 15.0 Å². The maximum Gasteiger partial charge on any atom is 0.234 e. The van der Waals surface area contributed by atoms with Crippen LogP contribution in [0.5, 0.6) is 5.75 Å². The van der Waals surface area contributed by atoms with Crippen LogP contribution in [0.1, 0.15) is 5.56 Å². The lowest BCUT2D eigenvalue weighted by Crippen LogP contribution is -2.43. The van der Waals surface area contributed by atoms with Crippen LogP contribution in [0.2, 0.25) is 0 Å². The van der Waals surface area contributed by atoms with Gasteiger partial charge in [-0.3, -0.25) is 9.59 Å². The summed E-state index contributed by atoms with van der Waals surface area (Å²) in [6.07, 6.45) is 3.54. The second kappa shape index (κ2) is 6.74. The molecule has 5 rings (SSSR count). The molecule has 4 atom stereocenters. The highest BCUT2D eigenvalue weighted by atomic mass is 16.5. The van der Waals surface area contributed by atoms with Crippen molar-refractivity contribution in [1.29, 1.82) is 0 Å². The summed E-state index contributed by atoms with van der Waals surface area (Å²) in [5, 5.41) is 2.99. The highest BCUT2D eigenvalue weighted by Crippen LogP contribution is 2.52. The maximum atomic E-state index is 13.3. The Labute approximate surface area is 169 Å². The van der Waals surface area contributed by atoms with Crippen molar-refractivity contribution in [3.05, 3.63) is 72.3 Å². The number of fused-ring (bicyclic) bond motifs is 1. The van der Waals surface area contributed by atoms with E-state index in [1.165, 1.54) is 0 Å². The molecule has 2 fully saturated rings. The van der Waals surface area contributed by atoms with Gasteiger partial charge in [-0.25, -0.2) is 0 Å². The van der Waals surface area contributed by atoms with Gasteiger partial charge in [0.25, 0.3) is 0 Å². The van der Waals surface area contributed by atoms with Crippen LogP contribution in [0, 0.1) is 11.8 Å². The number of anilines is 1. The van der Waals surface area contributed by atoms with E-state index in [-0.39, 0.29) is 17.9 Å². The van der Waals surface area contributed by atoms with Crippen LogP contribution in [0.4, 0.5) is 5.69 Å². The molecule has 1 N–H and O–H groups in total. The lowest BCUT2D eigenvalue weighted by Gasteiger charge is -2.23. The SMILES string of the molecule is COc1ccc(N2C[C@]34C=C[C@@H](O3)[C@@H](C(=O)NCc3ccccc3)[C@H]4C2=O)cc1. The van der Waals surface area contributed by atoms with Gasteiger partial charge in [0, 0.05) is 12.2 Å². The topological polar surface area (TPSA) is 67.9 Å². The Morgan fingerprint density at radius 3 is 2.69 bits per heavy atom. The van der Waals surface area contributed by atoms with Crippen molar-refractivity contribution in [3.63, 3.8) is 0 Å². The molecule has 2 bridgehead atoms. The fourth-order valence-corrected chi connectivity index (χ4v) is 4.68. The lowest BCUT2D eigenvalue weighted by atomic mass is 9.77. The lowest BCUT2D eigenvalue weighted by molar-refractivity contribution is -0.132. The summed E-state index contributed by atoms with van der Waals surface area (Å²) < 4.78 is 11.4. The summed E-state index contributed by atoms with van der Waals surface area (Å²) in [7, 11) is 1.61. The molecule has 1 spiro atoms. The van der Waals surface area contributed by atoms with E-state index in [4.69, 9.17) is 9.47 Å². The molecule has 0 radical (unpaired) electrons. The molecule has 3 aliphatic heterocycles. The van der Waals surface area contributed by atoms with Crippen molar-refractivity contribution in [2.45, 2.75) is 18.2 Å². The molecule has 2 amide bonds. The van der Waals surface area contributed by atoms with Crippen molar-refractivity contribution in [2.75, 3.05) is 18.6 Å². The molecule has 0 aromatic heterocycles. The number of methoxy groups -OCH3 is 1. The first kappa shape index (κ1) is 17.9. The van der Waals surface area contributed by atoms with E-state index in [1.54, 1.807) is 12.0 Å². The van der Waals surface area contributed by atoms with Crippen LogP contribution >= 0.6 is 0 Å². The van der Waals surface area contributed by atoms with E-state index in [1.807, 2.05) is 66.7 Å². The Morgan fingerprint density at radius 1 is 1.21 bits per heavy atom. The van der Waals surface area contributed by atoms with Crippen LogP contribution in [-0.2, 0) is 20.9 Å². The standard InChI is InChI=1S/C23H22N2O4/c1-28-17-9-7-16(8-10-17)25-14-23-12-11-18(29-23)19(20(23)22(25)27)21(26)24-13-15-5-3-2-4-6-15/h2-12,18-20H,13-14H2,1H3,(H,24,26)/t18-,19-,20+,23+/m1/s1. The molecule has 2 saturated heterocycles. The number of hydrogen-bond donors (Lipinski definition) is 1. The number of ether oxygens (including phenoxy) is 2. The number of nitrogens with one attached hydrogen (secondary N) is 1. The zero-order valence-corrected chi connectivity index (χ0v) is 16.1. The Kier molecular flexibility index (Phi) is 4.17. The van der Waals surface area contributed by atoms with Crippen molar-refractivity contribution < 1.29 is 19.1 Å². The Morgan fingerprint density at radius 2 is 1.97 bits per heavy atom. The van der Waals surface area contributed by atoms with Crippen molar-refractivity contribution in [2.24, 2.45) is 11.8 Å². The predicted molar refractivity (Wildman–Crippen MR) is 107 cm³/mol. The monoisotopic (exact) mass is 390 g/mol. The van der Waals surface area contributed by atoms with E-state index < -0.39 is 17.4 Å². The smallest absolute Gasteiger partial charge is 0.234 e. The van der Waals surface area contributed by atoms with Gasteiger partial charge in [-0.1, -0.05) is 42.5 Å². The van der Waals surface area contributed by atoms with Gasteiger partial charge in [-0.05, 0) is 29.8 Å².